The van der Waals surface area contributed by atoms with Crippen LogP contribution in [-0.2, 0) is 11.0 Å². The van der Waals surface area contributed by atoms with Crippen molar-refractivity contribution in [1.82, 2.24) is 10.2 Å². The second kappa shape index (κ2) is 7.40. The highest BCUT2D eigenvalue weighted by molar-refractivity contribution is 6.07. The average molecular weight is 384 g/mol. The minimum Gasteiger partial charge on any atom is -0.494 e. The smallest absolute Gasteiger partial charge is 0.416 e. The summed E-state index contributed by atoms with van der Waals surface area (Å²) >= 11 is 0. The van der Waals surface area contributed by atoms with Gasteiger partial charge in [-0.25, -0.2) is 4.79 Å². The van der Waals surface area contributed by atoms with E-state index in [1.807, 2.05) is 0 Å². The highest BCUT2D eigenvalue weighted by Gasteiger charge is 2.51. The molecule has 0 radical (unpaired) electrons. The molecule has 1 aromatic carbocycles. The van der Waals surface area contributed by atoms with Crippen LogP contribution < -0.4 is 10.1 Å². The van der Waals surface area contributed by atoms with E-state index in [2.05, 4.69) is 12.2 Å². The maximum atomic E-state index is 12.7. The van der Waals surface area contributed by atoms with Gasteiger partial charge in [-0.1, -0.05) is 13.0 Å². The molecule has 1 saturated heterocycles. The van der Waals surface area contributed by atoms with E-state index in [1.54, 1.807) is 0 Å². The highest BCUT2D eigenvalue weighted by Crippen LogP contribution is 2.36. The molecule has 1 heterocycles. The highest BCUT2D eigenvalue weighted by atomic mass is 19.4. The van der Waals surface area contributed by atoms with Crippen LogP contribution in [0.2, 0.25) is 0 Å². The number of amides is 3. The maximum Gasteiger partial charge on any atom is 0.416 e. The van der Waals surface area contributed by atoms with Gasteiger partial charge in [0.15, 0.2) is 0 Å². The van der Waals surface area contributed by atoms with Gasteiger partial charge in [-0.3, -0.25) is 9.69 Å². The third-order valence-electron chi connectivity index (χ3n) is 5.33. The van der Waals surface area contributed by atoms with E-state index in [-0.39, 0.29) is 24.8 Å². The summed E-state index contributed by atoms with van der Waals surface area (Å²) in [6, 6.07) is 4.25. The van der Waals surface area contributed by atoms with Gasteiger partial charge in [0.1, 0.15) is 11.3 Å². The number of rotatable bonds is 5. The summed E-state index contributed by atoms with van der Waals surface area (Å²) in [5.74, 6) is 0.466. The summed E-state index contributed by atoms with van der Waals surface area (Å²) < 4.78 is 43.5. The van der Waals surface area contributed by atoms with Crippen LogP contribution >= 0.6 is 0 Å². The third kappa shape index (κ3) is 4.20. The predicted octanol–water partition coefficient (Wildman–Crippen LogP) is 3.98. The molecule has 148 valence electrons. The van der Waals surface area contributed by atoms with Crippen LogP contribution in [-0.4, -0.2) is 35.5 Å². The van der Waals surface area contributed by atoms with E-state index in [4.69, 9.17) is 4.74 Å². The summed E-state index contributed by atoms with van der Waals surface area (Å²) in [4.78, 5) is 26.1. The van der Waals surface area contributed by atoms with E-state index >= 15 is 0 Å². The SMILES string of the molecule is CC1CCC2(CC1)NC(=O)N(CCCOc1cccc(C(F)(F)F)c1)C2=O. The number of halogens is 3. The number of hydrogen-bond acceptors (Lipinski definition) is 3. The molecule has 1 aliphatic heterocycles. The molecule has 27 heavy (non-hydrogen) atoms. The standard InChI is InChI=1S/C19H23F3N2O3/c1-13-6-8-18(9-7-13)16(25)24(17(26)23-18)10-3-11-27-15-5-2-4-14(12-15)19(20,21)22/h2,4-5,12-13H,3,6-11H2,1H3,(H,23,26). The molecule has 2 fully saturated rings. The van der Waals surface area contributed by atoms with Crippen LogP contribution in [0.4, 0.5) is 18.0 Å². The first kappa shape index (κ1) is 19.5. The molecule has 1 spiro atoms. The second-order valence-corrected chi connectivity index (χ2v) is 7.38. The lowest BCUT2D eigenvalue weighted by Crippen LogP contribution is -2.49. The third-order valence-corrected chi connectivity index (χ3v) is 5.33. The number of ether oxygens (including phenoxy) is 1. The summed E-state index contributed by atoms with van der Waals surface area (Å²) in [7, 11) is 0. The van der Waals surface area contributed by atoms with Crippen molar-refractivity contribution in [3.63, 3.8) is 0 Å². The molecule has 1 aliphatic carbocycles. The van der Waals surface area contributed by atoms with E-state index in [0.29, 0.717) is 25.2 Å². The van der Waals surface area contributed by atoms with Crippen LogP contribution in [0, 0.1) is 5.92 Å². The van der Waals surface area contributed by atoms with Gasteiger partial charge in [0.05, 0.1) is 12.2 Å². The van der Waals surface area contributed by atoms with Crippen molar-refractivity contribution < 1.29 is 27.5 Å². The molecule has 0 unspecified atom stereocenters. The molecule has 8 heteroatoms. The number of alkyl halides is 3. The normalized spacial score (nSPS) is 25.8. The Morgan fingerprint density at radius 3 is 2.63 bits per heavy atom. The average Bonchev–Trinajstić information content (AvgIpc) is 2.85. The molecule has 5 nitrogen and oxygen atoms in total. The monoisotopic (exact) mass is 384 g/mol. The van der Waals surface area contributed by atoms with E-state index in [9.17, 15) is 22.8 Å². The molecule has 2 aliphatic rings. The number of imide groups is 1. The molecular formula is C19H23F3N2O3. The van der Waals surface area contributed by atoms with Gasteiger partial charge >= 0.3 is 12.2 Å². The molecule has 0 atom stereocenters. The van der Waals surface area contributed by atoms with Gasteiger partial charge in [0.2, 0.25) is 0 Å². The van der Waals surface area contributed by atoms with Crippen molar-refractivity contribution in [1.29, 1.82) is 0 Å². The Hall–Kier alpha value is -2.25. The molecule has 0 bridgehead atoms. The van der Waals surface area contributed by atoms with Crippen molar-refractivity contribution >= 4 is 11.9 Å². The predicted molar refractivity (Wildman–Crippen MR) is 92.2 cm³/mol. The van der Waals surface area contributed by atoms with E-state index in [1.165, 1.54) is 17.0 Å². The largest absolute Gasteiger partial charge is 0.494 e. The molecular weight excluding hydrogens is 361 g/mol. The molecule has 1 saturated carbocycles. The van der Waals surface area contributed by atoms with Crippen molar-refractivity contribution in [2.45, 2.75) is 50.7 Å². The molecule has 0 aromatic heterocycles. The lowest BCUT2D eigenvalue weighted by Gasteiger charge is -2.33. The van der Waals surface area contributed by atoms with Crippen molar-refractivity contribution in [2.75, 3.05) is 13.2 Å². The molecule has 1 aromatic rings. The summed E-state index contributed by atoms with van der Waals surface area (Å²) in [6.45, 7) is 2.43. The Kier molecular flexibility index (Phi) is 5.35. The maximum absolute atomic E-state index is 12.7. The van der Waals surface area contributed by atoms with E-state index < -0.39 is 23.3 Å². The van der Waals surface area contributed by atoms with Crippen LogP contribution in [0.5, 0.6) is 5.75 Å². The fraction of sp³-hybridized carbons (Fsp3) is 0.579. The number of urea groups is 1. The van der Waals surface area contributed by atoms with Gasteiger partial charge < -0.3 is 10.1 Å². The number of carbonyl (C=O) groups excluding carboxylic acids is 2. The molecule has 3 amide bonds. The first-order valence-electron chi connectivity index (χ1n) is 9.15. The number of benzene rings is 1. The van der Waals surface area contributed by atoms with E-state index in [0.717, 1.165) is 25.0 Å². The summed E-state index contributed by atoms with van der Waals surface area (Å²) in [6.07, 6.45) is -0.976. The Morgan fingerprint density at radius 2 is 1.96 bits per heavy atom. The number of nitrogens with one attached hydrogen (secondary N) is 1. The quantitative estimate of drug-likeness (QED) is 0.617. The summed E-state index contributed by atoms with van der Waals surface area (Å²) in [5, 5.41) is 2.84. The molecule has 1 N–H and O–H groups in total. The van der Waals surface area contributed by atoms with Crippen molar-refractivity contribution in [3.8, 4) is 5.75 Å². The minimum atomic E-state index is -4.43. The molecule has 3 rings (SSSR count). The Morgan fingerprint density at radius 1 is 1.26 bits per heavy atom. The zero-order valence-electron chi connectivity index (χ0n) is 15.1. The Bertz CT molecular complexity index is 712. The number of carbonyl (C=O) groups is 2. The van der Waals surface area contributed by atoms with Gasteiger partial charge in [-0.05, 0) is 56.2 Å². The second-order valence-electron chi connectivity index (χ2n) is 7.38. The summed E-state index contributed by atoms with van der Waals surface area (Å²) in [5.41, 5.74) is -1.55. The topological polar surface area (TPSA) is 58.6 Å². The van der Waals surface area contributed by atoms with Gasteiger partial charge in [-0.2, -0.15) is 13.2 Å². The first-order chi connectivity index (χ1) is 12.7. The first-order valence-corrected chi connectivity index (χ1v) is 9.15. The van der Waals surface area contributed by atoms with Crippen LogP contribution in [0.3, 0.4) is 0 Å². The van der Waals surface area contributed by atoms with Gasteiger partial charge in [-0.15, -0.1) is 0 Å². The van der Waals surface area contributed by atoms with Crippen molar-refractivity contribution in [2.24, 2.45) is 5.92 Å². The minimum absolute atomic E-state index is 0.111. The Balaban J connectivity index is 1.51. The lowest BCUT2D eigenvalue weighted by molar-refractivity contribution is -0.137. The fourth-order valence-corrected chi connectivity index (χ4v) is 3.65. The van der Waals surface area contributed by atoms with Crippen LogP contribution in [0.15, 0.2) is 24.3 Å². The lowest BCUT2D eigenvalue weighted by atomic mass is 9.77. The number of hydrogen-bond donors (Lipinski definition) is 1. The van der Waals surface area contributed by atoms with Gasteiger partial charge in [0, 0.05) is 6.54 Å². The fourth-order valence-electron chi connectivity index (χ4n) is 3.65. The zero-order chi connectivity index (χ0) is 19.7. The van der Waals surface area contributed by atoms with Crippen LogP contribution in [0.25, 0.3) is 0 Å². The van der Waals surface area contributed by atoms with Crippen molar-refractivity contribution in [3.05, 3.63) is 29.8 Å². The zero-order valence-corrected chi connectivity index (χ0v) is 15.1. The number of nitrogens with zero attached hydrogens (tertiary/aromatic N) is 1. The Labute approximate surface area is 155 Å². The van der Waals surface area contributed by atoms with Crippen LogP contribution in [0.1, 0.15) is 44.6 Å². The van der Waals surface area contributed by atoms with Gasteiger partial charge in [0.25, 0.3) is 5.91 Å².